The van der Waals surface area contributed by atoms with Crippen LogP contribution in [0.15, 0.2) is 224 Å². The molecule has 0 radical (unpaired) electrons. The quantitative estimate of drug-likeness (QED) is 0.160. The van der Waals surface area contributed by atoms with Crippen molar-refractivity contribution in [2.45, 2.75) is 0 Å². The first-order valence-corrected chi connectivity index (χ1v) is 21.8. The minimum absolute atomic E-state index is 0.518. The summed E-state index contributed by atoms with van der Waals surface area (Å²) >= 11 is 0. The van der Waals surface area contributed by atoms with Crippen LogP contribution in [0.3, 0.4) is 0 Å². The lowest BCUT2D eigenvalue weighted by molar-refractivity contribution is 0.891. The second-order valence-corrected chi connectivity index (χ2v) is 16.3. The Hall–Kier alpha value is -8.94. The molecule has 13 aromatic rings. The van der Waals surface area contributed by atoms with E-state index >= 15 is 0 Å². The highest BCUT2D eigenvalue weighted by molar-refractivity contribution is 6.11. The van der Waals surface area contributed by atoms with Crippen LogP contribution in [0.25, 0.3) is 117 Å². The zero-order valence-electron chi connectivity index (χ0n) is 35.0. The molecule has 0 bridgehead atoms. The number of hydrogen-bond donors (Lipinski definition) is 0. The van der Waals surface area contributed by atoms with Crippen molar-refractivity contribution in [3.05, 3.63) is 224 Å². The highest BCUT2D eigenvalue weighted by atomic mass is 15.3. The van der Waals surface area contributed by atoms with Crippen LogP contribution in [-0.4, -0.2) is 33.6 Å². The van der Waals surface area contributed by atoms with Crippen molar-refractivity contribution in [1.82, 2.24) is 33.6 Å². The summed E-state index contributed by atoms with van der Waals surface area (Å²) in [4.78, 5) is 21.7. The van der Waals surface area contributed by atoms with Crippen LogP contribution < -0.4 is 0 Å². The predicted octanol–water partition coefficient (Wildman–Crippen LogP) is 14.1. The summed E-state index contributed by atoms with van der Waals surface area (Å²) in [5.41, 5.74) is 13.3. The number of hydrogen-bond acceptors (Lipinski definition) is 4. The summed E-state index contributed by atoms with van der Waals surface area (Å²) in [6, 6.07) is 78.5. The van der Waals surface area contributed by atoms with Crippen LogP contribution in [0.2, 0.25) is 0 Å². The Labute approximate surface area is 373 Å². The molecule has 4 aromatic heterocycles. The topological polar surface area (TPSA) is 66.3 Å². The molecule has 7 heteroatoms. The van der Waals surface area contributed by atoms with Gasteiger partial charge in [-0.1, -0.05) is 164 Å². The normalized spacial score (nSPS) is 11.7. The zero-order chi connectivity index (χ0) is 42.8. The third-order valence-corrected chi connectivity index (χ3v) is 12.5. The summed E-state index contributed by atoms with van der Waals surface area (Å²) in [7, 11) is 0. The van der Waals surface area contributed by atoms with E-state index in [0.717, 1.165) is 99.5 Å². The average Bonchev–Trinajstić information content (AvgIpc) is 4.05. The highest BCUT2D eigenvalue weighted by Gasteiger charge is 2.24. The van der Waals surface area contributed by atoms with E-state index in [9.17, 15) is 0 Å². The van der Waals surface area contributed by atoms with Gasteiger partial charge in [-0.3, -0.25) is 13.7 Å². The summed E-state index contributed by atoms with van der Waals surface area (Å²) in [6.07, 6.45) is 0. The second-order valence-electron chi connectivity index (χ2n) is 16.3. The van der Waals surface area contributed by atoms with Gasteiger partial charge in [0.25, 0.3) is 0 Å². The van der Waals surface area contributed by atoms with Gasteiger partial charge in [0.05, 0.1) is 38.8 Å². The first-order valence-electron chi connectivity index (χ1n) is 21.8. The number of imidazole rings is 1. The van der Waals surface area contributed by atoms with E-state index in [4.69, 9.17) is 19.9 Å². The Morgan fingerprint density at radius 3 is 1.29 bits per heavy atom. The summed E-state index contributed by atoms with van der Waals surface area (Å²) in [6.45, 7) is 0. The van der Waals surface area contributed by atoms with Crippen LogP contribution in [-0.2, 0) is 0 Å². The summed E-state index contributed by atoms with van der Waals surface area (Å²) in [5.74, 6) is 2.41. The molecule has 4 heterocycles. The number of rotatable bonds is 7. The van der Waals surface area contributed by atoms with Gasteiger partial charge in [-0.2, -0.15) is 15.0 Å². The maximum Gasteiger partial charge on any atom is 0.240 e. The van der Waals surface area contributed by atoms with E-state index in [1.54, 1.807) is 0 Å². The number of aromatic nitrogens is 7. The van der Waals surface area contributed by atoms with Gasteiger partial charge in [0.15, 0.2) is 5.82 Å². The second kappa shape index (κ2) is 14.9. The van der Waals surface area contributed by atoms with Crippen molar-refractivity contribution in [1.29, 1.82) is 0 Å². The summed E-state index contributed by atoms with van der Waals surface area (Å²) < 4.78 is 6.63. The lowest BCUT2D eigenvalue weighted by Gasteiger charge is -2.16. The molecule has 9 aromatic carbocycles. The Kier molecular flexibility index (Phi) is 8.39. The molecule has 65 heavy (non-hydrogen) atoms. The Balaban J connectivity index is 1.11. The van der Waals surface area contributed by atoms with Gasteiger partial charge >= 0.3 is 0 Å². The van der Waals surface area contributed by atoms with Crippen molar-refractivity contribution in [3.8, 4) is 62.6 Å². The number of benzene rings is 9. The standard InChI is InChI=1S/C58H37N7/c1-4-18-38(19-5-1)41-32-34-52-46(36-41)43-24-10-14-28-49(43)64(52)57-60-55(45-26-12-16-30-51(45)63-54-31-17-13-27-48(54)59-56(63)40-22-8-3-9-23-40)61-58(62-57)65-50-29-15-11-25-44(50)47-37-42(33-35-53(47)65)39-20-6-2-7-21-39/h1-37H. The van der Waals surface area contributed by atoms with Gasteiger partial charge in [-0.25, -0.2) is 4.98 Å². The molecule has 13 rings (SSSR count). The predicted molar refractivity (Wildman–Crippen MR) is 265 cm³/mol. The summed E-state index contributed by atoms with van der Waals surface area (Å²) in [5, 5.41) is 4.47. The van der Waals surface area contributed by atoms with Gasteiger partial charge in [-0.15, -0.1) is 0 Å². The molecule has 0 amide bonds. The Morgan fingerprint density at radius 2 is 0.723 bits per heavy atom. The molecule has 304 valence electrons. The lowest BCUT2D eigenvalue weighted by atomic mass is 10.0. The van der Waals surface area contributed by atoms with Crippen molar-refractivity contribution >= 4 is 54.6 Å². The number of nitrogens with zero attached hydrogens (tertiary/aromatic N) is 7. The first kappa shape index (κ1) is 36.7. The number of fused-ring (bicyclic) bond motifs is 7. The van der Waals surface area contributed by atoms with E-state index in [1.807, 2.05) is 12.1 Å². The van der Waals surface area contributed by atoms with E-state index in [-0.39, 0.29) is 0 Å². The molecule has 0 spiro atoms. The van der Waals surface area contributed by atoms with Crippen LogP contribution >= 0.6 is 0 Å². The van der Waals surface area contributed by atoms with Crippen molar-refractivity contribution in [3.63, 3.8) is 0 Å². The van der Waals surface area contributed by atoms with Crippen molar-refractivity contribution in [2.24, 2.45) is 0 Å². The average molecular weight is 832 g/mol. The largest absolute Gasteiger partial charge is 0.292 e. The molecule has 0 saturated carbocycles. The third-order valence-electron chi connectivity index (χ3n) is 12.5. The molecule has 0 unspecified atom stereocenters. The van der Waals surface area contributed by atoms with Gasteiger partial charge in [0.2, 0.25) is 11.9 Å². The van der Waals surface area contributed by atoms with E-state index in [0.29, 0.717) is 17.7 Å². The zero-order valence-corrected chi connectivity index (χ0v) is 35.0. The Bertz CT molecular complexity index is 3760. The van der Waals surface area contributed by atoms with E-state index < -0.39 is 0 Å². The van der Waals surface area contributed by atoms with Gasteiger partial charge in [0.1, 0.15) is 5.82 Å². The number of para-hydroxylation sites is 5. The molecule has 7 nitrogen and oxygen atoms in total. The molecular formula is C58H37N7. The van der Waals surface area contributed by atoms with Crippen molar-refractivity contribution in [2.75, 3.05) is 0 Å². The maximum atomic E-state index is 5.50. The van der Waals surface area contributed by atoms with E-state index in [1.165, 1.54) is 0 Å². The monoisotopic (exact) mass is 831 g/mol. The van der Waals surface area contributed by atoms with Crippen LogP contribution in [0, 0.1) is 0 Å². The molecule has 0 aliphatic rings. The minimum atomic E-state index is 0.518. The van der Waals surface area contributed by atoms with Crippen molar-refractivity contribution < 1.29 is 0 Å². The molecular weight excluding hydrogens is 795 g/mol. The fourth-order valence-electron chi connectivity index (χ4n) is 9.58. The molecule has 0 N–H and O–H groups in total. The minimum Gasteiger partial charge on any atom is -0.292 e. The first-order chi connectivity index (χ1) is 32.2. The van der Waals surface area contributed by atoms with Crippen LogP contribution in [0.5, 0.6) is 0 Å². The van der Waals surface area contributed by atoms with E-state index in [2.05, 4.69) is 226 Å². The van der Waals surface area contributed by atoms with Crippen LogP contribution in [0.1, 0.15) is 0 Å². The maximum absolute atomic E-state index is 5.50. The van der Waals surface area contributed by atoms with Gasteiger partial charge < -0.3 is 0 Å². The fraction of sp³-hybridized carbons (Fsp3) is 0. The molecule has 0 saturated heterocycles. The highest BCUT2D eigenvalue weighted by Crippen LogP contribution is 2.39. The third kappa shape index (κ3) is 5.98. The Morgan fingerprint density at radius 1 is 0.277 bits per heavy atom. The SMILES string of the molecule is c1ccc(-c2ccc3c(c2)c2ccccc2n3-c2nc(-c3ccccc3-n3c(-c4ccccc4)nc4ccccc43)nc(-n3c4ccccc4c4cc(-c5ccccc5)ccc43)n2)cc1. The van der Waals surface area contributed by atoms with Crippen LogP contribution in [0.4, 0.5) is 0 Å². The lowest BCUT2D eigenvalue weighted by Crippen LogP contribution is -2.11. The van der Waals surface area contributed by atoms with Gasteiger partial charge in [0, 0.05) is 32.7 Å². The molecule has 0 atom stereocenters. The smallest absolute Gasteiger partial charge is 0.240 e. The van der Waals surface area contributed by atoms with Gasteiger partial charge in [-0.05, 0) is 82.9 Å². The molecule has 0 fully saturated rings. The molecule has 0 aliphatic carbocycles. The molecule has 0 aliphatic heterocycles. The fourth-order valence-corrected chi connectivity index (χ4v) is 9.58.